The molecule has 0 spiro atoms. The van der Waals surface area contributed by atoms with E-state index in [2.05, 4.69) is 0 Å². The van der Waals surface area contributed by atoms with Gasteiger partial charge in [0.1, 0.15) is 6.61 Å². The summed E-state index contributed by atoms with van der Waals surface area (Å²) >= 11 is 0. The van der Waals surface area contributed by atoms with Gasteiger partial charge in [0.2, 0.25) is 5.91 Å². The van der Waals surface area contributed by atoms with Crippen molar-refractivity contribution in [3.63, 3.8) is 0 Å². The van der Waals surface area contributed by atoms with E-state index in [1.807, 2.05) is 5.32 Å². The van der Waals surface area contributed by atoms with Gasteiger partial charge in [-0.05, 0) is 6.42 Å². The SMILES string of the molecule is CC[C@H](N)C(=O)NCC(F)(F)CO. The lowest BCUT2D eigenvalue weighted by Crippen LogP contribution is -2.46. The van der Waals surface area contributed by atoms with Crippen LogP contribution in [0, 0.1) is 0 Å². The molecule has 0 aliphatic heterocycles. The van der Waals surface area contributed by atoms with Crippen LogP contribution in [-0.4, -0.2) is 36.1 Å². The maximum Gasteiger partial charge on any atom is 0.287 e. The Bertz CT molecular complexity index is 176. The second-order valence-corrected chi connectivity index (χ2v) is 2.75. The zero-order chi connectivity index (χ0) is 10.5. The molecule has 0 unspecified atom stereocenters. The van der Waals surface area contributed by atoms with Gasteiger partial charge in [0, 0.05) is 0 Å². The highest BCUT2D eigenvalue weighted by atomic mass is 19.3. The van der Waals surface area contributed by atoms with Gasteiger partial charge in [-0.2, -0.15) is 0 Å². The molecule has 0 rings (SSSR count). The van der Waals surface area contributed by atoms with Gasteiger partial charge in [0.15, 0.2) is 0 Å². The van der Waals surface area contributed by atoms with Crippen molar-refractivity contribution in [1.29, 1.82) is 0 Å². The number of nitrogens with two attached hydrogens (primary N) is 1. The largest absolute Gasteiger partial charge is 0.390 e. The molecule has 0 fully saturated rings. The third-order valence-electron chi connectivity index (χ3n) is 1.53. The molecule has 0 saturated heterocycles. The Balaban J connectivity index is 3.83. The van der Waals surface area contributed by atoms with E-state index in [1.54, 1.807) is 6.92 Å². The standard InChI is InChI=1S/C7H14F2N2O2/c1-2-5(10)6(13)11-3-7(8,9)4-12/h5,12H,2-4,10H2,1H3,(H,11,13)/t5-/m0/s1. The molecule has 78 valence electrons. The van der Waals surface area contributed by atoms with Crippen molar-refractivity contribution in [2.24, 2.45) is 5.73 Å². The first kappa shape index (κ1) is 12.2. The fraction of sp³-hybridized carbons (Fsp3) is 0.857. The quantitative estimate of drug-likeness (QED) is 0.553. The fourth-order valence-corrected chi connectivity index (χ4v) is 0.589. The van der Waals surface area contributed by atoms with E-state index in [1.165, 1.54) is 0 Å². The Labute approximate surface area is 75.1 Å². The first-order valence-corrected chi connectivity index (χ1v) is 3.95. The molecule has 1 amide bonds. The average Bonchev–Trinajstić information content (AvgIpc) is 2.13. The van der Waals surface area contributed by atoms with Crippen LogP contribution in [0.1, 0.15) is 13.3 Å². The molecular formula is C7H14F2N2O2. The van der Waals surface area contributed by atoms with Gasteiger partial charge >= 0.3 is 0 Å². The molecule has 1 atom stereocenters. The molecule has 0 aromatic rings. The van der Waals surface area contributed by atoms with Crippen molar-refractivity contribution in [2.75, 3.05) is 13.2 Å². The topological polar surface area (TPSA) is 75.4 Å². The van der Waals surface area contributed by atoms with Gasteiger partial charge < -0.3 is 16.2 Å². The normalized spacial score (nSPS) is 13.9. The summed E-state index contributed by atoms with van der Waals surface area (Å²) in [6.07, 6.45) is 0.385. The lowest BCUT2D eigenvalue weighted by molar-refractivity contribution is -0.125. The number of rotatable bonds is 5. The summed E-state index contributed by atoms with van der Waals surface area (Å²) < 4.78 is 24.8. The highest BCUT2D eigenvalue weighted by molar-refractivity contribution is 5.81. The molecule has 13 heavy (non-hydrogen) atoms. The molecule has 0 radical (unpaired) electrons. The highest BCUT2D eigenvalue weighted by Gasteiger charge is 2.28. The van der Waals surface area contributed by atoms with E-state index in [4.69, 9.17) is 10.8 Å². The molecule has 0 aliphatic rings. The minimum Gasteiger partial charge on any atom is -0.390 e. The van der Waals surface area contributed by atoms with E-state index in [0.717, 1.165) is 0 Å². The molecule has 6 heteroatoms. The van der Waals surface area contributed by atoms with Crippen molar-refractivity contribution in [1.82, 2.24) is 5.32 Å². The van der Waals surface area contributed by atoms with Gasteiger partial charge in [0.25, 0.3) is 5.92 Å². The van der Waals surface area contributed by atoms with E-state index in [9.17, 15) is 13.6 Å². The smallest absolute Gasteiger partial charge is 0.287 e. The van der Waals surface area contributed by atoms with Crippen LogP contribution < -0.4 is 11.1 Å². The molecule has 0 aliphatic carbocycles. The van der Waals surface area contributed by atoms with Crippen molar-refractivity contribution >= 4 is 5.91 Å². The predicted molar refractivity (Wildman–Crippen MR) is 43.3 cm³/mol. The second-order valence-electron chi connectivity index (χ2n) is 2.75. The Hall–Kier alpha value is -0.750. The van der Waals surface area contributed by atoms with Crippen LogP contribution in [0.25, 0.3) is 0 Å². The third-order valence-corrected chi connectivity index (χ3v) is 1.53. The third kappa shape index (κ3) is 4.74. The number of alkyl halides is 2. The van der Waals surface area contributed by atoms with Gasteiger partial charge in [-0.1, -0.05) is 6.92 Å². The van der Waals surface area contributed by atoms with Crippen LogP contribution in [-0.2, 0) is 4.79 Å². The number of amides is 1. The molecule has 4 nitrogen and oxygen atoms in total. The van der Waals surface area contributed by atoms with Crippen molar-refractivity contribution < 1.29 is 18.7 Å². The lowest BCUT2D eigenvalue weighted by atomic mass is 10.2. The average molecular weight is 196 g/mol. The van der Waals surface area contributed by atoms with Crippen LogP contribution in [0.15, 0.2) is 0 Å². The van der Waals surface area contributed by atoms with Gasteiger partial charge in [-0.25, -0.2) is 8.78 Å². The summed E-state index contributed by atoms with van der Waals surface area (Å²) in [5.74, 6) is -3.90. The first-order valence-electron chi connectivity index (χ1n) is 3.95. The fourth-order valence-electron chi connectivity index (χ4n) is 0.589. The zero-order valence-electron chi connectivity index (χ0n) is 7.39. The zero-order valence-corrected chi connectivity index (χ0v) is 7.39. The van der Waals surface area contributed by atoms with Crippen molar-refractivity contribution in [2.45, 2.75) is 25.3 Å². The van der Waals surface area contributed by atoms with Crippen LogP contribution >= 0.6 is 0 Å². The molecule has 0 aromatic heterocycles. The molecule has 0 bridgehead atoms. The predicted octanol–water partition coefficient (Wildman–Crippen LogP) is -0.533. The van der Waals surface area contributed by atoms with Crippen LogP contribution in [0.4, 0.5) is 8.78 Å². The van der Waals surface area contributed by atoms with E-state index < -0.39 is 31.0 Å². The summed E-state index contributed by atoms with van der Waals surface area (Å²) in [7, 11) is 0. The Morgan fingerprint density at radius 1 is 1.69 bits per heavy atom. The number of carbonyl (C=O) groups is 1. The number of nitrogens with one attached hydrogen (secondary N) is 1. The summed E-state index contributed by atoms with van der Waals surface area (Å²) in [6, 6.07) is -0.769. The van der Waals surface area contributed by atoms with Crippen LogP contribution in [0.3, 0.4) is 0 Å². The monoisotopic (exact) mass is 196 g/mol. The Kier molecular flexibility index (Phi) is 4.79. The Morgan fingerprint density at radius 2 is 2.23 bits per heavy atom. The first-order chi connectivity index (χ1) is 5.93. The van der Waals surface area contributed by atoms with Gasteiger partial charge in [-0.15, -0.1) is 0 Å². The summed E-state index contributed by atoms with van der Waals surface area (Å²) in [4.78, 5) is 10.9. The second kappa shape index (κ2) is 5.08. The molecule has 0 heterocycles. The summed E-state index contributed by atoms with van der Waals surface area (Å²) in [5, 5.41) is 10.1. The number of hydrogen-bond acceptors (Lipinski definition) is 3. The molecular weight excluding hydrogens is 182 g/mol. The number of aliphatic hydroxyl groups excluding tert-OH is 1. The number of aliphatic hydroxyl groups is 1. The van der Waals surface area contributed by atoms with Crippen molar-refractivity contribution in [3.8, 4) is 0 Å². The summed E-state index contributed by atoms with van der Waals surface area (Å²) in [6.45, 7) is -0.487. The summed E-state index contributed by atoms with van der Waals surface area (Å²) in [5.41, 5.74) is 5.27. The highest BCUT2D eigenvalue weighted by Crippen LogP contribution is 2.09. The number of halogens is 2. The minimum atomic E-state index is -3.27. The molecule has 4 N–H and O–H groups in total. The Morgan fingerprint density at radius 3 is 2.62 bits per heavy atom. The van der Waals surface area contributed by atoms with E-state index in [0.29, 0.717) is 6.42 Å². The van der Waals surface area contributed by atoms with Gasteiger partial charge in [0.05, 0.1) is 12.6 Å². The minimum absolute atomic E-state index is 0.385. The number of carbonyl (C=O) groups excluding carboxylic acids is 1. The molecule has 0 aromatic carbocycles. The number of hydrogen-bond donors (Lipinski definition) is 3. The van der Waals surface area contributed by atoms with E-state index >= 15 is 0 Å². The maximum absolute atomic E-state index is 12.4. The lowest BCUT2D eigenvalue weighted by Gasteiger charge is -2.15. The van der Waals surface area contributed by atoms with Crippen molar-refractivity contribution in [3.05, 3.63) is 0 Å². The van der Waals surface area contributed by atoms with Gasteiger partial charge in [-0.3, -0.25) is 4.79 Å². The molecule has 0 saturated carbocycles. The van der Waals surface area contributed by atoms with E-state index in [-0.39, 0.29) is 0 Å². The van der Waals surface area contributed by atoms with Crippen LogP contribution in [0.2, 0.25) is 0 Å². The maximum atomic E-state index is 12.4. The van der Waals surface area contributed by atoms with Crippen LogP contribution in [0.5, 0.6) is 0 Å².